The molecule has 0 amide bonds. The van der Waals surface area contributed by atoms with Crippen LogP contribution in [-0.4, -0.2) is 42.9 Å². The summed E-state index contributed by atoms with van der Waals surface area (Å²) in [4.78, 5) is 2.46. The van der Waals surface area contributed by atoms with Crippen LogP contribution in [0.4, 0.5) is 0 Å². The number of rotatable bonds is 4. The number of hydrogen-bond acceptors (Lipinski definition) is 4. The summed E-state index contributed by atoms with van der Waals surface area (Å²) in [6.45, 7) is 6.63. The number of nitrogens with zero attached hydrogens (tertiary/aromatic N) is 1. The minimum absolute atomic E-state index is 0.0517. The Morgan fingerprint density at radius 3 is 2.71 bits per heavy atom. The average Bonchev–Trinajstić information content (AvgIpc) is 3.19. The summed E-state index contributed by atoms with van der Waals surface area (Å²) in [5, 5.41) is 9.88. The Hall–Kier alpha value is -1.62. The van der Waals surface area contributed by atoms with Crippen molar-refractivity contribution in [2.45, 2.75) is 19.9 Å². The molecule has 2 aliphatic heterocycles. The van der Waals surface area contributed by atoms with E-state index in [9.17, 15) is 5.11 Å². The normalized spacial score (nSPS) is 27.3. The molecule has 24 heavy (non-hydrogen) atoms. The third kappa shape index (κ3) is 2.90. The second kappa shape index (κ2) is 6.36. The van der Waals surface area contributed by atoms with Gasteiger partial charge in [0.2, 0.25) is 0 Å². The summed E-state index contributed by atoms with van der Waals surface area (Å²) in [5.74, 6) is 2.41. The number of aliphatic hydroxyl groups is 1. The lowest BCUT2D eigenvalue weighted by molar-refractivity contribution is -0.0561. The van der Waals surface area contributed by atoms with Gasteiger partial charge in [-0.05, 0) is 37.0 Å². The van der Waals surface area contributed by atoms with Gasteiger partial charge in [0.25, 0.3) is 0 Å². The molecule has 2 fully saturated rings. The number of likely N-dealkylation sites (tertiary alicyclic amines) is 1. The van der Waals surface area contributed by atoms with Gasteiger partial charge in [-0.1, -0.05) is 24.3 Å². The molecule has 2 aliphatic rings. The van der Waals surface area contributed by atoms with Gasteiger partial charge in [-0.2, -0.15) is 0 Å². The third-order valence-corrected chi connectivity index (χ3v) is 5.58. The highest BCUT2D eigenvalue weighted by atomic mass is 16.5. The van der Waals surface area contributed by atoms with Crippen molar-refractivity contribution in [1.82, 2.24) is 4.90 Å². The van der Waals surface area contributed by atoms with Crippen LogP contribution in [0.25, 0.3) is 11.3 Å². The summed E-state index contributed by atoms with van der Waals surface area (Å²) in [7, 11) is 0. The molecule has 4 nitrogen and oxygen atoms in total. The summed E-state index contributed by atoms with van der Waals surface area (Å²) in [6.07, 6.45) is 1.06. The fraction of sp³-hybridized carbons (Fsp3) is 0.500. The molecule has 0 unspecified atom stereocenters. The first kappa shape index (κ1) is 15.9. The van der Waals surface area contributed by atoms with Crippen molar-refractivity contribution in [3.63, 3.8) is 0 Å². The van der Waals surface area contributed by atoms with Crippen LogP contribution in [-0.2, 0) is 11.3 Å². The maximum atomic E-state index is 9.88. The number of ether oxygens (including phenoxy) is 1. The molecule has 3 heterocycles. The van der Waals surface area contributed by atoms with E-state index in [4.69, 9.17) is 9.15 Å². The Balaban J connectivity index is 1.44. The number of aliphatic hydroxyl groups excluding tert-OH is 1. The Morgan fingerprint density at radius 1 is 1.21 bits per heavy atom. The maximum Gasteiger partial charge on any atom is 0.134 e. The second-order valence-electron chi connectivity index (χ2n) is 7.34. The van der Waals surface area contributed by atoms with E-state index in [-0.39, 0.29) is 12.0 Å². The van der Waals surface area contributed by atoms with Crippen LogP contribution in [0.1, 0.15) is 17.7 Å². The first-order chi connectivity index (χ1) is 11.7. The average molecular weight is 327 g/mol. The van der Waals surface area contributed by atoms with E-state index >= 15 is 0 Å². The van der Waals surface area contributed by atoms with Crippen molar-refractivity contribution in [1.29, 1.82) is 0 Å². The topological polar surface area (TPSA) is 45.8 Å². The molecule has 2 saturated heterocycles. The van der Waals surface area contributed by atoms with Gasteiger partial charge in [0.1, 0.15) is 11.5 Å². The number of hydrogen-bond donors (Lipinski definition) is 1. The molecule has 0 aliphatic carbocycles. The van der Waals surface area contributed by atoms with E-state index in [0.29, 0.717) is 12.5 Å². The number of furan rings is 1. The lowest BCUT2D eigenvalue weighted by Crippen LogP contribution is -2.42. The first-order valence-corrected chi connectivity index (χ1v) is 8.75. The molecular weight excluding hydrogens is 302 g/mol. The largest absolute Gasteiger partial charge is 0.461 e. The Bertz CT molecular complexity index is 693. The molecule has 0 radical (unpaired) electrons. The SMILES string of the molecule is Cc1ccc(-c2ccc(CN3C[C@@H]4CCOC[C@]4(CO)C3)cc2)o1. The predicted molar refractivity (Wildman–Crippen MR) is 92.6 cm³/mol. The van der Waals surface area contributed by atoms with Crippen LogP contribution in [0.3, 0.4) is 0 Å². The van der Waals surface area contributed by atoms with Gasteiger partial charge in [0, 0.05) is 37.2 Å². The van der Waals surface area contributed by atoms with Gasteiger partial charge < -0.3 is 14.3 Å². The van der Waals surface area contributed by atoms with Crippen LogP contribution in [0.5, 0.6) is 0 Å². The maximum absolute atomic E-state index is 9.88. The molecule has 0 spiro atoms. The third-order valence-electron chi connectivity index (χ3n) is 5.58. The molecular formula is C20H25NO3. The molecule has 1 N–H and O–H groups in total. The summed E-state index contributed by atoms with van der Waals surface area (Å²) < 4.78 is 11.3. The predicted octanol–water partition coefficient (Wildman–Crippen LogP) is 3.09. The molecule has 128 valence electrons. The van der Waals surface area contributed by atoms with E-state index in [1.807, 2.05) is 19.1 Å². The molecule has 0 saturated carbocycles. The highest BCUT2D eigenvalue weighted by Crippen LogP contribution is 2.41. The van der Waals surface area contributed by atoms with E-state index in [1.165, 1.54) is 5.56 Å². The molecule has 4 rings (SSSR count). The smallest absolute Gasteiger partial charge is 0.134 e. The van der Waals surface area contributed by atoms with Crippen molar-refractivity contribution in [2.24, 2.45) is 11.3 Å². The van der Waals surface area contributed by atoms with Crippen molar-refractivity contribution in [2.75, 3.05) is 32.9 Å². The Kier molecular flexibility index (Phi) is 4.21. The van der Waals surface area contributed by atoms with E-state index in [2.05, 4.69) is 29.2 Å². The van der Waals surface area contributed by atoms with Gasteiger partial charge >= 0.3 is 0 Å². The highest BCUT2D eigenvalue weighted by Gasteiger charge is 2.47. The zero-order valence-electron chi connectivity index (χ0n) is 14.2. The van der Waals surface area contributed by atoms with Crippen molar-refractivity contribution >= 4 is 0 Å². The van der Waals surface area contributed by atoms with Crippen LogP contribution < -0.4 is 0 Å². The lowest BCUT2D eigenvalue weighted by atomic mass is 9.76. The van der Waals surface area contributed by atoms with Gasteiger partial charge in [-0.25, -0.2) is 0 Å². The second-order valence-corrected chi connectivity index (χ2v) is 7.34. The van der Waals surface area contributed by atoms with Crippen LogP contribution in [0, 0.1) is 18.3 Å². The molecule has 2 aromatic rings. The number of aryl methyl sites for hydroxylation is 1. The van der Waals surface area contributed by atoms with Gasteiger partial charge in [0.05, 0.1) is 13.2 Å². The Labute approximate surface area is 143 Å². The quantitative estimate of drug-likeness (QED) is 0.937. The monoisotopic (exact) mass is 327 g/mol. The Morgan fingerprint density at radius 2 is 2.04 bits per heavy atom. The minimum atomic E-state index is -0.0517. The van der Waals surface area contributed by atoms with Crippen LogP contribution >= 0.6 is 0 Å². The van der Waals surface area contributed by atoms with Crippen molar-refractivity contribution in [3.8, 4) is 11.3 Å². The minimum Gasteiger partial charge on any atom is -0.461 e. The van der Waals surface area contributed by atoms with Gasteiger partial charge in [-0.15, -0.1) is 0 Å². The zero-order valence-corrected chi connectivity index (χ0v) is 14.2. The lowest BCUT2D eigenvalue weighted by Gasteiger charge is -2.36. The fourth-order valence-corrected chi connectivity index (χ4v) is 4.17. The van der Waals surface area contributed by atoms with Crippen LogP contribution in [0.15, 0.2) is 40.8 Å². The fourth-order valence-electron chi connectivity index (χ4n) is 4.17. The first-order valence-electron chi connectivity index (χ1n) is 8.75. The summed E-state index contributed by atoms with van der Waals surface area (Å²) in [5.41, 5.74) is 2.36. The van der Waals surface area contributed by atoms with E-state index < -0.39 is 0 Å². The number of benzene rings is 1. The molecule has 2 atom stereocenters. The van der Waals surface area contributed by atoms with Gasteiger partial charge in [0.15, 0.2) is 0 Å². The summed E-state index contributed by atoms with van der Waals surface area (Å²) >= 11 is 0. The van der Waals surface area contributed by atoms with E-state index in [0.717, 1.165) is 49.7 Å². The standard InChI is InChI=1S/C20H25NO3/c1-15-2-7-19(24-15)17-5-3-16(4-6-17)10-21-11-18-8-9-23-14-20(18,12-21)13-22/h2-7,18,22H,8-14H2,1H3/t18-,20+/m0/s1. The summed E-state index contributed by atoms with van der Waals surface area (Å²) in [6, 6.07) is 12.6. The van der Waals surface area contributed by atoms with Crippen molar-refractivity contribution < 1.29 is 14.3 Å². The molecule has 4 heteroatoms. The van der Waals surface area contributed by atoms with Crippen molar-refractivity contribution in [3.05, 3.63) is 47.7 Å². The molecule has 1 aromatic carbocycles. The number of fused-ring (bicyclic) bond motifs is 1. The molecule has 0 bridgehead atoms. The molecule has 1 aromatic heterocycles. The zero-order chi connectivity index (χ0) is 16.6. The van der Waals surface area contributed by atoms with E-state index in [1.54, 1.807) is 0 Å². The van der Waals surface area contributed by atoms with Gasteiger partial charge in [-0.3, -0.25) is 4.90 Å². The van der Waals surface area contributed by atoms with Crippen LogP contribution in [0.2, 0.25) is 0 Å². The highest BCUT2D eigenvalue weighted by molar-refractivity contribution is 5.57.